The first-order valence-electron chi connectivity index (χ1n) is 11.0. The molecule has 1 N–H and O–H groups in total. The Bertz CT molecular complexity index is 1020. The maximum Gasteiger partial charge on any atom is 0.415 e. The van der Waals surface area contributed by atoms with Gasteiger partial charge in [-0.25, -0.2) is 0 Å². The van der Waals surface area contributed by atoms with Gasteiger partial charge in [0, 0.05) is 32.0 Å². The van der Waals surface area contributed by atoms with E-state index in [1.807, 2.05) is 19.2 Å². The lowest BCUT2D eigenvalue weighted by atomic mass is 10.1. The fourth-order valence-electron chi connectivity index (χ4n) is 3.90. The van der Waals surface area contributed by atoms with Gasteiger partial charge in [-0.05, 0) is 30.9 Å². The van der Waals surface area contributed by atoms with Crippen molar-refractivity contribution in [1.29, 1.82) is 0 Å². The topological polar surface area (TPSA) is 84.5 Å². The van der Waals surface area contributed by atoms with E-state index in [0.29, 0.717) is 19.6 Å². The number of hydrogen-bond donors (Lipinski definition) is 1. The van der Waals surface area contributed by atoms with Crippen LogP contribution in [0.3, 0.4) is 0 Å². The highest BCUT2D eigenvalue weighted by Crippen LogP contribution is 2.33. The number of alkyl halides is 3. The van der Waals surface area contributed by atoms with E-state index in [-0.39, 0.29) is 11.5 Å². The number of halogens is 3. The zero-order valence-electron chi connectivity index (χ0n) is 18.7. The Kier molecular flexibility index (Phi) is 7.65. The number of aromatic nitrogens is 1. The van der Waals surface area contributed by atoms with Crippen molar-refractivity contribution in [2.45, 2.75) is 58.3 Å². The largest absolute Gasteiger partial charge is 0.467 e. The summed E-state index contributed by atoms with van der Waals surface area (Å²) in [5, 5.41) is 1.86. The Balaban J connectivity index is 1.99. The molecule has 33 heavy (non-hydrogen) atoms. The minimum atomic E-state index is -4.84. The van der Waals surface area contributed by atoms with Crippen LogP contribution in [0.15, 0.2) is 40.0 Å². The van der Waals surface area contributed by atoms with Crippen molar-refractivity contribution in [3.8, 4) is 0 Å². The van der Waals surface area contributed by atoms with Crippen molar-refractivity contribution >= 4 is 11.8 Å². The Morgan fingerprint density at radius 3 is 2.27 bits per heavy atom. The van der Waals surface area contributed by atoms with Crippen LogP contribution in [0, 0.1) is 5.92 Å². The minimum absolute atomic E-state index is 0.107. The molecule has 180 valence electrons. The number of carbonyl (C=O) groups excluding carboxylic acids is 2. The van der Waals surface area contributed by atoms with E-state index in [1.165, 1.54) is 23.0 Å². The predicted molar refractivity (Wildman–Crippen MR) is 115 cm³/mol. The van der Waals surface area contributed by atoms with Crippen molar-refractivity contribution in [3.05, 3.63) is 57.9 Å². The highest BCUT2D eigenvalue weighted by atomic mass is 19.4. The second-order valence-corrected chi connectivity index (χ2v) is 8.68. The maximum atomic E-state index is 13.6. The molecule has 0 saturated carbocycles. The fraction of sp³-hybridized carbons (Fsp3) is 0.522. The van der Waals surface area contributed by atoms with Gasteiger partial charge in [-0.1, -0.05) is 26.7 Å². The minimum Gasteiger partial charge on any atom is -0.467 e. The molecule has 3 rings (SSSR count). The molecule has 1 aliphatic rings. The summed E-state index contributed by atoms with van der Waals surface area (Å²) in [4.78, 5) is 40.7. The summed E-state index contributed by atoms with van der Waals surface area (Å²) in [6, 6.07) is -0.0617. The average Bonchev–Trinajstić information content (AvgIpc) is 3.12. The number of hydrogen-bond acceptors (Lipinski definition) is 4. The highest BCUT2D eigenvalue weighted by molar-refractivity contribution is 5.99. The molecule has 0 aromatic carbocycles. The smallest absolute Gasteiger partial charge is 0.415 e. The van der Waals surface area contributed by atoms with Crippen LogP contribution >= 0.6 is 0 Å². The van der Waals surface area contributed by atoms with Gasteiger partial charge >= 0.3 is 6.18 Å². The zero-order valence-corrected chi connectivity index (χ0v) is 18.7. The van der Waals surface area contributed by atoms with Crippen molar-refractivity contribution in [2.24, 2.45) is 5.92 Å². The monoisotopic (exact) mass is 467 g/mol. The fourth-order valence-corrected chi connectivity index (χ4v) is 3.90. The summed E-state index contributed by atoms with van der Waals surface area (Å²) in [6.45, 7) is 5.18. The molecule has 3 heterocycles. The number of nitrogens with zero attached hydrogens (tertiary/aromatic N) is 2. The van der Waals surface area contributed by atoms with Crippen LogP contribution in [0.2, 0.25) is 0 Å². The van der Waals surface area contributed by atoms with E-state index in [0.717, 1.165) is 38.0 Å². The molecule has 0 unspecified atom stereocenters. The number of likely N-dealkylation sites (tertiary alicyclic amines) is 1. The molecule has 1 aliphatic heterocycles. The quantitative estimate of drug-likeness (QED) is 0.692. The number of carbonyl (C=O) groups is 2. The van der Waals surface area contributed by atoms with Gasteiger partial charge in [0.15, 0.2) is 6.04 Å². The van der Waals surface area contributed by atoms with Crippen molar-refractivity contribution < 1.29 is 27.2 Å². The summed E-state index contributed by atoms with van der Waals surface area (Å²) in [5.74, 6) is -2.13. The normalized spacial score (nSPS) is 15.9. The van der Waals surface area contributed by atoms with Crippen molar-refractivity contribution in [1.82, 2.24) is 14.8 Å². The molecule has 10 heteroatoms. The lowest BCUT2D eigenvalue weighted by Crippen LogP contribution is -2.42. The molecule has 2 amide bonds. The SMILES string of the molecule is CC(C)Cn1cc(C(=O)N[C@H](c2ccco2)C(F)(F)F)c(=O)c(C(=O)N2CCCCCC2)c1. The van der Waals surface area contributed by atoms with Gasteiger partial charge < -0.3 is 19.2 Å². The second-order valence-electron chi connectivity index (χ2n) is 8.68. The van der Waals surface area contributed by atoms with Gasteiger partial charge in [0.2, 0.25) is 5.43 Å². The molecule has 0 radical (unpaired) electrons. The predicted octanol–water partition coefficient (Wildman–Crippen LogP) is 4.15. The average molecular weight is 467 g/mol. The molecule has 0 aliphatic carbocycles. The molecule has 1 atom stereocenters. The third-order valence-electron chi connectivity index (χ3n) is 5.45. The molecule has 2 aromatic heterocycles. The number of amides is 2. The standard InChI is InChI=1S/C23H28F3N3O4/c1-15(2)12-28-13-16(21(31)27-20(23(24,25)26)18-8-7-11-33-18)19(30)17(14-28)22(32)29-9-5-3-4-6-10-29/h7-8,11,13-15,20H,3-6,9-10,12H2,1-2H3,(H,27,31)/t20-/m1/s1. The summed E-state index contributed by atoms with van der Waals surface area (Å²) in [7, 11) is 0. The molecule has 1 fully saturated rings. The molecular formula is C23H28F3N3O4. The van der Waals surface area contributed by atoms with Gasteiger partial charge in [0.1, 0.15) is 16.9 Å². The Labute approximate surface area is 189 Å². The van der Waals surface area contributed by atoms with E-state index in [9.17, 15) is 27.6 Å². The van der Waals surface area contributed by atoms with E-state index in [4.69, 9.17) is 4.42 Å². The van der Waals surface area contributed by atoms with Crippen LogP contribution in [0.25, 0.3) is 0 Å². The van der Waals surface area contributed by atoms with Crippen LogP contribution in [-0.4, -0.2) is 40.5 Å². The molecule has 7 nitrogen and oxygen atoms in total. The lowest BCUT2D eigenvalue weighted by molar-refractivity contribution is -0.159. The first-order chi connectivity index (χ1) is 15.6. The van der Waals surface area contributed by atoms with Crippen molar-refractivity contribution in [2.75, 3.05) is 13.1 Å². The maximum absolute atomic E-state index is 13.6. The summed E-state index contributed by atoms with van der Waals surface area (Å²) in [5.41, 5.74) is -1.62. The van der Waals surface area contributed by atoms with Gasteiger partial charge in [-0.3, -0.25) is 14.4 Å². The number of nitrogens with one attached hydrogen (secondary N) is 1. The van der Waals surface area contributed by atoms with Gasteiger partial charge in [-0.2, -0.15) is 13.2 Å². The van der Waals surface area contributed by atoms with Gasteiger partial charge in [-0.15, -0.1) is 0 Å². The Hall–Kier alpha value is -3.04. The van der Waals surface area contributed by atoms with E-state index in [2.05, 4.69) is 0 Å². The lowest BCUT2D eigenvalue weighted by Gasteiger charge is -2.22. The van der Waals surface area contributed by atoms with Crippen LogP contribution in [0.4, 0.5) is 13.2 Å². The first kappa shape index (κ1) is 24.6. The molecule has 2 aromatic rings. The van der Waals surface area contributed by atoms with Gasteiger partial charge in [0.05, 0.1) is 6.26 Å². The van der Waals surface area contributed by atoms with Crippen LogP contribution in [-0.2, 0) is 6.54 Å². The third kappa shape index (κ3) is 6.06. The summed E-state index contributed by atoms with van der Waals surface area (Å²) < 4.78 is 47.1. The molecule has 0 spiro atoms. The van der Waals surface area contributed by atoms with Crippen LogP contribution in [0.1, 0.15) is 72.0 Å². The molecule has 0 bridgehead atoms. The number of rotatable bonds is 6. The summed E-state index contributed by atoms with van der Waals surface area (Å²) >= 11 is 0. The molecular weight excluding hydrogens is 439 g/mol. The van der Waals surface area contributed by atoms with E-state index < -0.39 is 40.8 Å². The second kappa shape index (κ2) is 10.3. The van der Waals surface area contributed by atoms with Gasteiger partial charge in [0.25, 0.3) is 11.8 Å². The number of furan rings is 1. The Morgan fingerprint density at radius 2 is 1.73 bits per heavy atom. The highest BCUT2D eigenvalue weighted by Gasteiger charge is 2.44. The Morgan fingerprint density at radius 1 is 1.09 bits per heavy atom. The first-order valence-corrected chi connectivity index (χ1v) is 11.0. The summed E-state index contributed by atoms with van der Waals surface area (Å²) in [6.07, 6.45) is 2.39. The van der Waals surface area contributed by atoms with Crippen LogP contribution in [0.5, 0.6) is 0 Å². The molecule has 1 saturated heterocycles. The van der Waals surface area contributed by atoms with Crippen LogP contribution < -0.4 is 10.7 Å². The number of pyridine rings is 1. The van der Waals surface area contributed by atoms with Crippen molar-refractivity contribution in [3.63, 3.8) is 0 Å². The van der Waals surface area contributed by atoms with E-state index >= 15 is 0 Å². The third-order valence-corrected chi connectivity index (χ3v) is 5.45. The zero-order chi connectivity index (χ0) is 24.2. The van der Waals surface area contributed by atoms with E-state index in [1.54, 1.807) is 4.90 Å².